The predicted molar refractivity (Wildman–Crippen MR) is 96.3 cm³/mol. The number of anilines is 1. The van der Waals surface area contributed by atoms with Gasteiger partial charge in [-0.25, -0.2) is 8.42 Å². The molecular weight excluding hydrogens is 358 g/mol. The van der Waals surface area contributed by atoms with Crippen LogP contribution in [-0.2, 0) is 10.0 Å². The van der Waals surface area contributed by atoms with Crippen LogP contribution in [0.25, 0.3) is 11.5 Å². The van der Waals surface area contributed by atoms with Crippen molar-refractivity contribution in [3.63, 3.8) is 0 Å². The Hall–Kier alpha value is -2.19. The lowest BCUT2D eigenvalue weighted by Crippen LogP contribution is -2.11. The van der Waals surface area contributed by atoms with Gasteiger partial charge in [0, 0.05) is 17.0 Å². The van der Waals surface area contributed by atoms with Crippen LogP contribution in [0.5, 0.6) is 0 Å². The average Bonchev–Trinajstić information content (AvgIpc) is 3.06. The first-order chi connectivity index (χ1) is 11.9. The number of aryl methyl sites for hydroxylation is 2. The quantitative estimate of drug-likeness (QED) is 0.726. The SMILES string of the molecule is Cc1cc(C)cc(NS(=O)(=O)c2cc(-c3nnc(C4CC4)o3)cs2)c1. The second-order valence-electron chi connectivity index (χ2n) is 6.36. The van der Waals surface area contributed by atoms with Gasteiger partial charge < -0.3 is 4.42 Å². The molecule has 0 aliphatic heterocycles. The van der Waals surface area contributed by atoms with E-state index in [9.17, 15) is 8.42 Å². The maximum absolute atomic E-state index is 12.6. The van der Waals surface area contributed by atoms with Crippen LogP contribution in [0.1, 0.15) is 35.8 Å². The lowest BCUT2D eigenvalue weighted by Gasteiger charge is -2.08. The number of aromatic nitrogens is 2. The van der Waals surface area contributed by atoms with Crippen LogP contribution in [-0.4, -0.2) is 18.6 Å². The Morgan fingerprint density at radius 1 is 1.12 bits per heavy atom. The fourth-order valence-corrected chi connectivity index (χ4v) is 4.85. The highest BCUT2D eigenvalue weighted by molar-refractivity contribution is 7.94. The highest BCUT2D eigenvalue weighted by Crippen LogP contribution is 2.40. The van der Waals surface area contributed by atoms with Crippen molar-refractivity contribution in [2.75, 3.05) is 4.72 Å². The van der Waals surface area contributed by atoms with Crippen LogP contribution in [0, 0.1) is 13.8 Å². The van der Waals surface area contributed by atoms with E-state index in [4.69, 9.17) is 4.42 Å². The number of hydrogen-bond donors (Lipinski definition) is 1. The highest BCUT2D eigenvalue weighted by Gasteiger charge is 2.30. The van der Waals surface area contributed by atoms with E-state index in [2.05, 4.69) is 14.9 Å². The topological polar surface area (TPSA) is 85.1 Å². The summed E-state index contributed by atoms with van der Waals surface area (Å²) in [5, 5.41) is 9.78. The molecule has 1 aromatic carbocycles. The molecule has 3 aromatic rings. The number of thiophene rings is 1. The fraction of sp³-hybridized carbons (Fsp3) is 0.294. The van der Waals surface area contributed by atoms with Crippen molar-refractivity contribution in [3.05, 3.63) is 46.7 Å². The minimum absolute atomic E-state index is 0.216. The molecule has 0 spiro atoms. The van der Waals surface area contributed by atoms with Crippen molar-refractivity contribution in [3.8, 4) is 11.5 Å². The molecule has 6 nitrogen and oxygen atoms in total. The van der Waals surface area contributed by atoms with Gasteiger partial charge in [-0.05, 0) is 56.0 Å². The van der Waals surface area contributed by atoms with Crippen LogP contribution in [0.3, 0.4) is 0 Å². The van der Waals surface area contributed by atoms with E-state index in [0.717, 1.165) is 35.3 Å². The van der Waals surface area contributed by atoms with Gasteiger partial charge >= 0.3 is 0 Å². The van der Waals surface area contributed by atoms with Gasteiger partial charge in [0.25, 0.3) is 10.0 Å². The molecule has 8 heteroatoms. The van der Waals surface area contributed by atoms with Gasteiger partial charge in [0.2, 0.25) is 11.8 Å². The number of benzene rings is 1. The summed E-state index contributed by atoms with van der Waals surface area (Å²) in [6.07, 6.45) is 2.15. The molecule has 1 fully saturated rings. The maximum atomic E-state index is 12.6. The number of nitrogens with one attached hydrogen (secondary N) is 1. The zero-order chi connectivity index (χ0) is 17.6. The number of hydrogen-bond acceptors (Lipinski definition) is 6. The third kappa shape index (κ3) is 3.45. The summed E-state index contributed by atoms with van der Waals surface area (Å²) in [5.74, 6) is 1.37. The second-order valence-corrected chi connectivity index (χ2v) is 9.18. The molecule has 0 amide bonds. The van der Waals surface area contributed by atoms with Crippen LogP contribution < -0.4 is 4.72 Å². The Morgan fingerprint density at radius 2 is 1.84 bits per heavy atom. The van der Waals surface area contributed by atoms with Crippen LogP contribution in [0.15, 0.2) is 38.3 Å². The third-order valence-corrected chi connectivity index (χ3v) is 6.75. The van der Waals surface area contributed by atoms with E-state index in [1.54, 1.807) is 23.6 Å². The molecule has 0 atom stereocenters. The molecule has 25 heavy (non-hydrogen) atoms. The summed E-state index contributed by atoms with van der Waals surface area (Å²) in [6, 6.07) is 7.17. The maximum Gasteiger partial charge on any atom is 0.271 e. The molecule has 2 aromatic heterocycles. The normalized spacial score (nSPS) is 14.6. The number of nitrogens with zero attached hydrogens (tertiary/aromatic N) is 2. The van der Waals surface area contributed by atoms with Gasteiger partial charge in [-0.1, -0.05) is 6.07 Å². The van der Waals surface area contributed by atoms with E-state index < -0.39 is 10.0 Å². The van der Waals surface area contributed by atoms with E-state index in [0.29, 0.717) is 29.0 Å². The summed E-state index contributed by atoms with van der Waals surface area (Å²) in [6.45, 7) is 3.86. The zero-order valence-corrected chi connectivity index (χ0v) is 15.4. The Kier molecular flexibility index (Phi) is 3.88. The van der Waals surface area contributed by atoms with Crippen molar-refractivity contribution in [2.45, 2.75) is 36.8 Å². The lowest BCUT2D eigenvalue weighted by molar-refractivity contribution is 0.508. The van der Waals surface area contributed by atoms with Crippen molar-refractivity contribution in [1.29, 1.82) is 0 Å². The molecule has 0 bridgehead atoms. The molecule has 1 aliphatic carbocycles. The van der Waals surface area contributed by atoms with Gasteiger partial charge in [0.15, 0.2) is 0 Å². The first kappa shape index (κ1) is 16.3. The monoisotopic (exact) mass is 375 g/mol. The van der Waals surface area contributed by atoms with Gasteiger partial charge in [0.1, 0.15) is 4.21 Å². The van der Waals surface area contributed by atoms with Crippen molar-refractivity contribution < 1.29 is 12.8 Å². The molecule has 0 saturated heterocycles. The van der Waals surface area contributed by atoms with E-state index >= 15 is 0 Å². The van der Waals surface area contributed by atoms with Crippen LogP contribution in [0.2, 0.25) is 0 Å². The molecule has 2 heterocycles. The molecule has 130 valence electrons. The highest BCUT2D eigenvalue weighted by atomic mass is 32.2. The lowest BCUT2D eigenvalue weighted by atomic mass is 10.1. The van der Waals surface area contributed by atoms with Crippen molar-refractivity contribution in [1.82, 2.24) is 10.2 Å². The van der Waals surface area contributed by atoms with E-state index in [-0.39, 0.29) is 4.21 Å². The summed E-state index contributed by atoms with van der Waals surface area (Å²) < 4.78 is 33.7. The Labute approximate surface area is 150 Å². The summed E-state index contributed by atoms with van der Waals surface area (Å²) in [4.78, 5) is 0. The predicted octanol–water partition coefficient (Wildman–Crippen LogP) is 4.09. The van der Waals surface area contributed by atoms with Gasteiger partial charge in [-0.2, -0.15) is 0 Å². The fourth-order valence-electron chi connectivity index (χ4n) is 2.66. The first-order valence-electron chi connectivity index (χ1n) is 7.94. The standard InChI is InChI=1S/C17H17N3O3S2/c1-10-5-11(2)7-14(6-10)20-25(21,22)15-8-13(9-24-15)17-19-18-16(23-17)12-3-4-12/h5-9,12,20H,3-4H2,1-2H3. The Morgan fingerprint density at radius 3 is 2.52 bits per heavy atom. The molecule has 0 radical (unpaired) electrons. The average molecular weight is 375 g/mol. The molecule has 0 unspecified atom stereocenters. The number of rotatable bonds is 5. The smallest absolute Gasteiger partial charge is 0.271 e. The van der Waals surface area contributed by atoms with Gasteiger partial charge in [-0.15, -0.1) is 21.5 Å². The minimum atomic E-state index is -3.65. The molecule has 4 rings (SSSR count). The zero-order valence-electron chi connectivity index (χ0n) is 13.8. The van der Waals surface area contributed by atoms with Crippen LogP contribution >= 0.6 is 11.3 Å². The van der Waals surface area contributed by atoms with E-state index in [1.165, 1.54) is 0 Å². The molecule has 1 N–H and O–H groups in total. The summed E-state index contributed by atoms with van der Waals surface area (Å²) >= 11 is 1.13. The van der Waals surface area contributed by atoms with Crippen molar-refractivity contribution >= 4 is 27.0 Å². The van der Waals surface area contributed by atoms with Gasteiger partial charge in [0.05, 0.1) is 5.56 Å². The minimum Gasteiger partial charge on any atom is -0.420 e. The molecule has 1 saturated carbocycles. The van der Waals surface area contributed by atoms with Crippen molar-refractivity contribution in [2.24, 2.45) is 0 Å². The third-order valence-electron chi connectivity index (χ3n) is 3.93. The molecular formula is C17H17N3O3S2. The van der Waals surface area contributed by atoms with E-state index in [1.807, 2.05) is 19.9 Å². The van der Waals surface area contributed by atoms with Gasteiger partial charge in [-0.3, -0.25) is 4.72 Å². The largest absolute Gasteiger partial charge is 0.420 e. The first-order valence-corrected chi connectivity index (χ1v) is 10.3. The summed E-state index contributed by atoms with van der Waals surface area (Å²) in [7, 11) is -3.65. The molecule has 1 aliphatic rings. The summed E-state index contributed by atoms with van der Waals surface area (Å²) in [5.41, 5.74) is 3.19. The second kappa shape index (κ2) is 5.96. The Bertz CT molecular complexity index is 1010. The number of sulfonamides is 1. The Balaban J connectivity index is 1.59. The van der Waals surface area contributed by atoms with Crippen LogP contribution in [0.4, 0.5) is 5.69 Å².